The van der Waals surface area contributed by atoms with Gasteiger partial charge in [-0.2, -0.15) is 0 Å². The summed E-state index contributed by atoms with van der Waals surface area (Å²) in [5.74, 6) is 0.0312. The van der Waals surface area contributed by atoms with Gasteiger partial charge in [0.15, 0.2) is 12.4 Å². The Labute approximate surface area is 176 Å². The van der Waals surface area contributed by atoms with E-state index < -0.39 is 5.91 Å². The van der Waals surface area contributed by atoms with Crippen molar-refractivity contribution >= 4 is 34.8 Å². The number of aryl methyl sites for hydroxylation is 1. The molecular weight excluding hydrogens is 397 g/mol. The molecule has 28 heavy (non-hydrogen) atoms. The molecule has 0 radical (unpaired) electrons. The number of hydrogen-bond acceptors (Lipinski definition) is 3. The number of halogens is 2. The van der Waals surface area contributed by atoms with Crippen LogP contribution in [-0.2, 0) is 11.2 Å². The number of benzene rings is 2. The van der Waals surface area contributed by atoms with E-state index in [-0.39, 0.29) is 23.1 Å². The second kappa shape index (κ2) is 11.2. The van der Waals surface area contributed by atoms with E-state index in [0.29, 0.717) is 16.3 Å². The van der Waals surface area contributed by atoms with Crippen LogP contribution in [0.15, 0.2) is 30.3 Å². The minimum absolute atomic E-state index is 0.121. The molecule has 2 N–H and O–H groups in total. The molecule has 1 amide bonds. The smallest absolute Gasteiger partial charge is 0.262 e. The van der Waals surface area contributed by atoms with E-state index in [2.05, 4.69) is 18.3 Å². The number of unbranched alkanes of at least 4 members (excludes halogenated alkanes) is 4. The molecule has 0 unspecified atom stereocenters. The predicted octanol–water partition coefficient (Wildman–Crippen LogP) is 6.54. The highest BCUT2D eigenvalue weighted by molar-refractivity contribution is 6.37. The molecule has 0 fully saturated rings. The summed E-state index contributed by atoms with van der Waals surface area (Å²) in [4.78, 5) is 12.2. The summed E-state index contributed by atoms with van der Waals surface area (Å²) >= 11 is 12.1. The number of amides is 1. The standard InChI is InChI=1S/C22H27Cl2NO3/c1-3-4-5-6-7-9-16-10-8-11-17(12-16)28-14-20(26)25-19-13-18(23)15(2)21(24)22(19)27/h8,10-13,27H,3-7,9,14H2,1-2H3,(H,25,26). The summed E-state index contributed by atoms with van der Waals surface area (Å²) in [5, 5.41) is 13.1. The van der Waals surface area contributed by atoms with Gasteiger partial charge in [-0.15, -0.1) is 0 Å². The third-order valence-electron chi connectivity index (χ3n) is 4.53. The SMILES string of the molecule is CCCCCCCc1cccc(OCC(=O)Nc2cc(Cl)c(C)c(Cl)c2O)c1. The Morgan fingerprint density at radius 3 is 2.64 bits per heavy atom. The van der Waals surface area contributed by atoms with Crippen LogP contribution in [0.4, 0.5) is 5.69 Å². The predicted molar refractivity (Wildman–Crippen MR) is 116 cm³/mol. The Hall–Kier alpha value is -1.91. The van der Waals surface area contributed by atoms with E-state index in [1.165, 1.54) is 37.3 Å². The molecule has 0 aliphatic carbocycles. The lowest BCUT2D eigenvalue weighted by atomic mass is 10.1. The molecule has 152 valence electrons. The topological polar surface area (TPSA) is 58.6 Å². The van der Waals surface area contributed by atoms with Crippen molar-refractivity contribution in [2.45, 2.75) is 52.4 Å². The summed E-state index contributed by atoms with van der Waals surface area (Å²) in [7, 11) is 0. The van der Waals surface area contributed by atoms with Gasteiger partial charge in [0.2, 0.25) is 0 Å². The Bertz CT molecular complexity index is 809. The summed E-state index contributed by atoms with van der Waals surface area (Å²) in [6.07, 6.45) is 7.17. The van der Waals surface area contributed by atoms with Crippen LogP contribution in [0, 0.1) is 6.92 Å². The van der Waals surface area contributed by atoms with E-state index in [1.54, 1.807) is 6.92 Å². The second-order valence-electron chi connectivity index (χ2n) is 6.84. The Kier molecular flexibility index (Phi) is 8.94. The zero-order valence-electron chi connectivity index (χ0n) is 16.4. The number of aromatic hydroxyl groups is 1. The number of anilines is 1. The maximum Gasteiger partial charge on any atom is 0.262 e. The first-order chi connectivity index (χ1) is 13.4. The quantitative estimate of drug-likeness (QED) is 0.336. The fraction of sp³-hybridized carbons (Fsp3) is 0.409. The van der Waals surface area contributed by atoms with Gasteiger partial charge in [-0.25, -0.2) is 0 Å². The van der Waals surface area contributed by atoms with Gasteiger partial charge in [-0.3, -0.25) is 4.79 Å². The average molecular weight is 424 g/mol. The lowest BCUT2D eigenvalue weighted by Gasteiger charge is -2.12. The Balaban J connectivity index is 1.87. The highest BCUT2D eigenvalue weighted by Gasteiger charge is 2.15. The van der Waals surface area contributed by atoms with E-state index in [1.807, 2.05) is 18.2 Å². The maximum atomic E-state index is 12.2. The number of phenols is 1. The molecule has 2 aromatic carbocycles. The highest BCUT2D eigenvalue weighted by Crippen LogP contribution is 2.38. The first-order valence-corrected chi connectivity index (χ1v) is 10.4. The van der Waals surface area contributed by atoms with Crippen molar-refractivity contribution in [3.63, 3.8) is 0 Å². The minimum atomic E-state index is -0.406. The third kappa shape index (κ3) is 6.61. The molecule has 6 heteroatoms. The molecule has 0 bridgehead atoms. The molecule has 0 aromatic heterocycles. The highest BCUT2D eigenvalue weighted by atomic mass is 35.5. The van der Waals surface area contributed by atoms with Gasteiger partial charge in [0.05, 0.1) is 10.7 Å². The van der Waals surface area contributed by atoms with Crippen LogP contribution < -0.4 is 10.1 Å². The van der Waals surface area contributed by atoms with Crippen molar-refractivity contribution in [1.29, 1.82) is 0 Å². The minimum Gasteiger partial charge on any atom is -0.504 e. The second-order valence-corrected chi connectivity index (χ2v) is 7.63. The van der Waals surface area contributed by atoms with Crippen molar-refractivity contribution in [2.24, 2.45) is 0 Å². The molecule has 0 aliphatic heterocycles. The number of carbonyl (C=O) groups excluding carboxylic acids is 1. The van der Waals surface area contributed by atoms with Crippen molar-refractivity contribution in [3.8, 4) is 11.5 Å². The van der Waals surface area contributed by atoms with Gasteiger partial charge < -0.3 is 15.2 Å². The van der Waals surface area contributed by atoms with Crippen LogP contribution in [0.3, 0.4) is 0 Å². The van der Waals surface area contributed by atoms with Crippen LogP contribution in [0.25, 0.3) is 0 Å². The molecule has 0 aliphatic rings. The largest absolute Gasteiger partial charge is 0.504 e. The lowest BCUT2D eigenvalue weighted by Crippen LogP contribution is -2.20. The maximum absolute atomic E-state index is 12.2. The molecule has 0 spiro atoms. The normalized spacial score (nSPS) is 10.7. The summed E-state index contributed by atoms with van der Waals surface area (Å²) < 4.78 is 5.59. The summed E-state index contributed by atoms with van der Waals surface area (Å²) in [6, 6.07) is 9.26. The van der Waals surface area contributed by atoms with Gasteiger partial charge in [-0.1, -0.05) is 67.9 Å². The van der Waals surface area contributed by atoms with Gasteiger partial charge >= 0.3 is 0 Å². The van der Waals surface area contributed by atoms with E-state index in [4.69, 9.17) is 27.9 Å². The zero-order chi connectivity index (χ0) is 20.5. The Morgan fingerprint density at radius 1 is 1.14 bits per heavy atom. The van der Waals surface area contributed by atoms with Crippen molar-refractivity contribution < 1.29 is 14.6 Å². The van der Waals surface area contributed by atoms with Crippen LogP contribution in [0.2, 0.25) is 10.0 Å². The van der Waals surface area contributed by atoms with Gasteiger partial charge in [-0.05, 0) is 49.1 Å². The zero-order valence-corrected chi connectivity index (χ0v) is 17.9. The number of carbonyl (C=O) groups is 1. The number of phenolic OH excluding ortho intramolecular Hbond substituents is 1. The summed E-state index contributed by atoms with van der Waals surface area (Å²) in [5.41, 5.74) is 1.92. The molecule has 2 aromatic rings. The van der Waals surface area contributed by atoms with Crippen LogP contribution >= 0.6 is 23.2 Å². The molecule has 0 atom stereocenters. The number of hydrogen-bond donors (Lipinski definition) is 2. The van der Waals surface area contributed by atoms with Crippen LogP contribution in [-0.4, -0.2) is 17.6 Å². The van der Waals surface area contributed by atoms with Crippen molar-refractivity contribution in [2.75, 3.05) is 11.9 Å². The van der Waals surface area contributed by atoms with E-state index in [9.17, 15) is 9.90 Å². The van der Waals surface area contributed by atoms with E-state index in [0.717, 1.165) is 12.8 Å². The van der Waals surface area contributed by atoms with Gasteiger partial charge in [0.1, 0.15) is 5.75 Å². The fourth-order valence-electron chi connectivity index (χ4n) is 2.86. The van der Waals surface area contributed by atoms with Crippen LogP contribution in [0.1, 0.15) is 50.2 Å². The third-order valence-corrected chi connectivity index (χ3v) is 5.39. The van der Waals surface area contributed by atoms with E-state index >= 15 is 0 Å². The fourth-order valence-corrected chi connectivity index (χ4v) is 3.31. The molecule has 0 heterocycles. The number of nitrogens with one attached hydrogen (secondary N) is 1. The molecule has 0 saturated heterocycles. The molecule has 0 saturated carbocycles. The van der Waals surface area contributed by atoms with Crippen LogP contribution in [0.5, 0.6) is 11.5 Å². The Morgan fingerprint density at radius 2 is 1.89 bits per heavy atom. The molecule has 4 nitrogen and oxygen atoms in total. The van der Waals surface area contributed by atoms with Crippen molar-refractivity contribution in [1.82, 2.24) is 0 Å². The lowest BCUT2D eigenvalue weighted by molar-refractivity contribution is -0.118. The first kappa shape index (κ1) is 22.4. The number of rotatable bonds is 10. The monoisotopic (exact) mass is 423 g/mol. The molecule has 2 rings (SSSR count). The summed E-state index contributed by atoms with van der Waals surface area (Å²) in [6.45, 7) is 3.72. The van der Waals surface area contributed by atoms with Gasteiger partial charge in [0, 0.05) is 5.02 Å². The number of ether oxygens (including phenoxy) is 1. The average Bonchev–Trinajstić information content (AvgIpc) is 2.69. The van der Waals surface area contributed by atoms with Gasteiger partial charge in [0.25, 0.3) is 5.91 Å². The van der Waals surface area contributed by atoms with Crippen molar-refractivity contribution in [3.05, 3.63) is 51.5 Å². The molecular formula is C22H27Cl2NO3. The first-order valence-electron chi connectivity index (χ1n) is 9.61.